The van der Waals surface area contributed by atoms with Crippen LogP contribution in [0.3, 0.4) is 0 Å². The molecular weight excluding hydrogens is 588 g/mol. The minimum Gasteiger partial charge on any atom is -0.394 e. The number of aliphatic hydroxyl groups excluding tert-OH is 3. The number of fused-ring (bicyclic) bond motifs is 6. The van der Waals surface area contributed by atoms with Gasteiger partial charge in [0.25, 0.3) is 0 Å². The molecule has 4 rings (SSSR count). The van der Waals surface area contributed by atoms with Crippen molar-refractivity contribution in [2.45, 2.75) is 94.0 Å². The number of amides is 6. The van der Waals surface area contributed by atoms with Crippen LogP contribution in [-0.2, 0) is 28.8 Å². The van der Waals surface area contributed by atoms with Crippen LogP contribution in [0.5, 0.6) is 0 Å². The molecule has 252 valence electrons. The molecule has 0 unspecified atom stereocenters. The number of carbonyl (C=O) groups is 6. The second-order valence-corrected chi connectivity index (χ2v) is 13.1. The summed E-state index contributed by atoms with van der Waals surface area (Å²) >= 11 is 0. The van der Waals surface area contributed by atoms with Crippen LogP contribution in [0, 0.1) is 17.8 Å². The fourth-order valence-corrected chi connectivity index (χ4v) is 7.35. The molecule has 0 radical (unpaired) electrons. The van der Waals surface area contributed by atoms with Gasteiger partial charge in [-0.05, 0) is 57.8 Å². The summed E-state index contributed by atoms with van der Waals surface area (Å²) in [4.78, 5) is 83.6. The summed E-state index contributed by atoms with van der Waals surface area (Å²) in [5.41, 5.74) is 0. The van der Waals surface area contributed by atoms with Gasteiger partial charge in [-0.1, -0.05) is 0 Å². The molecular formula is C30H48N6O9. The van der Waals surface area contributed by atoms with Crippen molar-refractivity contribution in [2.24, 2.45) is 17.8 Å². The van der Waals surface area contributed by atoms with Crippen molar-refractivity contribution in [3.63, 3.8) is 0 Å². The van der Waals surface area contributed by atoms with E-state index in [2.05, 4.69) is 16.0 Å². The maximum absolute atomic E-state index is 13.3. The Kier molecular flexibility index (Phi) is 11.4. The molecule has 3 saturated carbocycles. The highest BCUT2D eigenvalue weighted by molar-refractivity contribution is 5.91. The fraction of sp³-hybridized carbons (Fsp3) is 0.800. The maximum Gasteiger partial charge on any atom is 0.247 e. The van der Waals surface area contributed by atoms with E-state index in [4.69, 9.17) is 0 Å². The lowest BCUT2D eigenvalue weighted by Crippen LogP contribution is -2.54. The van der Waals surface area contributed by atoms with E-state index in [-0.39, 0.29) is 18.1 Å². The highest BCUT2D eigenvalue weighted by Crippen LogP contribution is 2.32. The Morgan fingerprint density at radius 3 is 0.956 bits per heavy atom. The zero-order valence-electron chi connectivity index (χ0n) is 26.3. The smallest absolute Gasteiger partial charge is 0.247 e. The van der Waals surface area contributed by atoms with Crippen molar-refractivity contribution in [3.05, 3.63) is 0 Å². The van der Waals surface area contributed by atoms with Crippen LogP contribution in [-0.4, -0.2) is 143 Å². The minimum absolute atomic E-state index is 0.321. The molecule has 45 heavy (non-hydrogen) atoms. The van der Waals surface area contributed by atoms with Gasteiger partial charge in [-0.3, -0.25) is 28.8 Å². The van der Waals surface area contributed by atoms with Gasteiger partial charge in [-0.25, -0.2) is 0 Å². The van der Waals surface area contributed by atoms with E-state index in [1.807, 2.05) is 0 Å². The van der Waals surface area contributed by atoms with Gasteiger partial charge >= 0.3 is 0 Å². The summed E-state index contributed by atoms with van der Waals surface area (Å²) in [5, 5.41) is 37.9. The van der Waals surface area contributed by atoms with Crippen LogP contribution in [0.25, 0.3) is 0 Å². The molecule has 4 fully saturated rings. The second kappa shape index (κ2) is 14.9. The van der Waals surface area contributed by atoms with Crippen molar-refractivity contribution < 1.29 is 44.1 Å². The molecule has 1 aliphatic heterocycles. The van der Waals surface area contributed by atoms with E-state index in [1.165, 1.54) is 14.7 Å². The van der Waals surface area contributed by atoms with Crippen LogP contribution in [0.2, 0.25) is 0 Å². The molecule has 0 aromatic carbocycles. The lowest BCUT2D eigenvalue weighted by Gasteiger charge is -2.31. The summed E-state index contributed by atoms with van der Waals surface area (Å²) in [5.74, 6) is -4.21. The van der Waals surface area contributed by atoms with E-state index in [1.54, 1.807) is 21.1 Å². The molecule has 15 heteroatoms. The molecule has 4 aliphatic rings. The van der Waals surface area contributed by atoms with Crippen molar-refractivity contribution in [1.29, 1.82) is 0 Å². The standard InChI is InChI=1S/C30H48N6O9/c1-34-19-7-4-16(10-19)25(40)32-23(14-38)29(44)36(3)21-9-6-18(12-21)27(42)33-24(15-39)30(45)35(2)20-8-5-17(11-20)26(41)31-22(13-37)28(34)43/h16-24,37-39H,4-15H2,1-3H3,(H,31,41)(H,32,40)(H,33,42)/t16-,17-,18-,19+,20+,21+,22-,23-,24-/m1/s1. The summed E-state index contributed by atoms with van der Waals surface area (Å²) in [6, 6.07) is -4.53. The molecule has 9 atom stereocenters. The number of nitrogens with zero attached hydrogens (tertiary/aromatic N) is 3. The Morgan fingerprint density at radius 1 is 0.489 bits per heavy atom. The molecule has 6 amide bonds. The monoisotopic (exact) mass is 636 g/mol. The quantitative estimate of drug-likeness (QED) is 0.190. The molecule has 6 N–H and O–H groups in total. The zero-order valence-corrected chi connectivity index (χ0v) is 26.3. The average Bonchev–Trinajstić information content (AvgIpc) is 3.83. The van der Waals surface area contributed by atoms with Gasteiger partial charge in [0.1, 0.15) is 18.1 Å². The predicted octanol–water partition coefficient (Wildman–Crippen LogP) is -2.69. The van der Waals surface area contributed by atoms with Gasteiger partial charge in [0, 0.05) is 57.0 Å². The van der Waals surface area contributed by atoms with Gasteiger partial charge in [0.05, 0.1) is 19.8 Å². The average molecular weight is 637 g/mol. The fourth-order valence-electron chi connectivity index (χ4n) is 7.35. The lowest BCUT2D eigenvalue weighted by molar-refractivity contribution is -0.140. The van der Waals surface area contributed by atoms with E-state index in [0.717, 1.165) is 0 Å². The zero-order chi connectivity index (χ0) is 33.0. The third kappa shape index (κ3) is 7.58. The maximum atomic E-state index is 13.3. The van der Waals surface area contributed by atoms with E-state index < -0.39 is 91.1 Å². The summed E-state index contributed by atoms with van der Waals surface area (Å²) in [6.07, 6.45) is 3.85. The second-order valence-electron chi connectivity index (χ2n) is 13.1. The molecule has 1 heterocycles. The van der Waals surface area contributed by atoms with Crippen molar-refractivity contribution in [2.75, 3.05) is 41.0 Å². The predicted molar refractivity (Wildman–Crippen MR) is 159 cm³/mol. The Balaban J connectivity index is 1.55. The molecule has 15 nitrogen and oxygen atoms in total. The van der Waals surface area contributed by atoms with Crippen LogP contribution in [0.1, 0.15) is 57.8 Å². The first-order chi connectivity index (χ1) is 21.4. The van der Waals surface area contributed by atoms with Gasteiger partial charge < -0.3 is 46.0 Å². The first-order valence-electron chi connectivity index (χ1n) is 15.9. The van der Waals surface area contributed by atoms with E-state index in [9.17, 15) is 44.1 Å². The van der Waals surface area contributed by atoms with E-state index >= 15 is 0 Å². The highest BCUT2D eigenvalue weighted by Gasteiger charge is 2.42. The first kappa shape index (κ1) is 34.6. The number of hydrogen-bond acceptors (Lipinski definition) is 9. The number of rotatable bonds is 3. The molecule has 0 aromatic rings. The van der Waals surface area contributed by atoms with E-state index in [0.29, 0.717) is 57.8 Å². The topological polar surface area (TPSA) is 209 Å². The van der Waals surface area contributed by atoms with Crippen molar-refractivity contribution in [1.82, 2.24) is 30.7 Å². The van der Waals surface area contributed by atoms with Gasteiger partial charge in [0.15, 0.2) is 0 Å². The minimum atomic E-state index is -1.18. The van der Waals surface area contributed by atoms with Crippen LogP contribution in [0.15, 0.2) is 0 Å². The number of aliphatic hydroxyl groups is 3. The van der Waals surface area contributed by atoms with Crippen LogP contribution >= 0.6 is 0 Å². The van der Waals surface area contributed by atoms with Crippen molar-refractivity contribution >= 4 is 35.4 Å². The number of hydrogen-bond donors (Lipinski definition) is 6. The third-order valence-electron chi connectivity index (χ3n) is 10.4. The summed E-state index contributed by atoms with van der Waals surface area (Å²) in [6.45, 7) is -1.85. The molecule has 1 saturated heterocycles. The summed E-state index contributed by atoms with van der Waals surface area (Å²) in [7, 11) is 4.70. The molecule has 0 aromatic heterocycles. The van der Waals surface area contributed by atoms with Gasteiger partial charge in [-0.2, -0.15) is 0 Å². The Bertz CT molecular complexity index is 1020. The number of carbonyl (C=O) groups excluding carboxylic acids is 6. The van der Waals surface area contributed by atoms with Crippen LogP contribution in [0.4, 0.5) is 0 Å². The largest absolute Gasteiger partial charge is 0.394 e. The highest BCUT2D eigenvalue weighted by atomic mass is 16.3. The van der Waals surface area contributed by atoms with Gasteiger partial charge in [0.2, 0.25) is 35.4 Å². The molecule has 0 spiro atoms. The lowest BCUT2D eigenvalue weighted by atomic mass is 10.0. The molecule has 6 bridgehead atoms. The number of likely N-dealkylation sites (N-methyl/N-ethyl adjacent to an activating group) is 3. The Morgan fingerprint density at radius 2 is 0.733 bits per heavy atom. The molecule has 3 aliphatic carbocycles. The summed E-state index contributed by atoms with van der Waals surface area (Å²) < 4.78 is 0. The van der Waals surface area contributed by atoms with Crippen LogP contribution < -0.4 is 16.0 Å². The Labute approximate surface area is 263 Å². The number of nitrogens with one attached hydrogen (secondary N) is 3. The van der Waals surface area contributed by atoms with Gasteiger partial charge in [-0.15, -0.1) is 0 Å². The third-order valence-corrected chi connectivity index (χ3v) is 10.4. The normalized spacial score (nSPS) is 36.1. The Hall–Kier alpha value is -3.30. The first-order valence-corrected chi connectivity index (χ1v) is 15.9. The SMILES string of the molecule is CN1C(=O)[C@@H](CO)NC(=O)[C@@H]2CC[C@@H](C2)N(C)C(=O)[C@@H](CO)NC(=O)[C@@H]2CC[C@@H](C2)N(C)C(=O)[C@@H](CO)NC(=O)[C@@H]2CC[C@H]1C2. The van der Waals surface area contributed by atoms with Crippen molar-refractivity contribution in [3.8, 4) is 0 Å².